The number of aryl methyl sites for hydroxylation is 1. The fraction of sp³-hybridized carbons (Fsp3) is 0.571. The maximum absolute atomic E-state index is 12.0. The average molecular weight is 270 g/mol. The second-order valence-electron chi connectivity index (χ2n) is 5.45. The van der Waals surface area contributed by atoms with E-state index in [0.29, 0.717) is 17.9 Å². The zero-order valence-corrected chi connectivity index (χ0v) is 12.4. The van der Waals surface area contributed by atoms with Gasteiger partial charge in [-0.15, -0.1) is 0 Å². The standard InChI is InChI=1S/C14H22O3S/c1-12-6-8-13(9-7-12)18(15,16)11-5-10-17-14(2,3)4/h6-9H,5,10-11H2,1-4H3. The SMILES string of the molecule is Cc1ccc(S(=O)(=O)CCCOC(C)(C)C)cc1. The molecular formula is C14H22O3S. The number of hydrogen-bond donors (Lipinski definition) is 0. The van der Waals surface area contributed by atoms with Crippen molar-refractivity contribution in [1.29, 1.82) is 0 Å². The highest BCUT2D eigenvalue weighted by molar-refractivity contribution is 7.91. The molecule has 0 spiro atoms. The molecule has 1 rings (SSSR count). The Morgan fingerprint density at radius 2 is 1.67 bits per heavy atom. The van der Waals surface area contributed by atoms with E-state index in [-0.39, 0.29) is 11.4 Å². The molecular weight excluding hydrogens is 248 g/mol. The van der Waals surface area contributed by atoms with Gasteiger partial charge in [-0.25, -0.2) is 8.42 Å². The van der Waals surface area contributed by atoms with Crippen molar-refractivity contribution >= 4 is 9.84 Å². The lowest BCUT2D eigenvalue weighted by Crippen LogP contribution is -2.21. The summed E-state index contributed by atoms with van der Waals surface area (Å²) in [6, 6.07) is 6.96. The quantitative estimate of drug-likeness (QED) is 0.773. The Bertz CT molecular complexity index is 467. The minimum absolute atomic E-state index is 0.131. The summed E-state index contributed by atoms with van der Waals surface area (Å²) in [5.74, 6) is 0.131. The number of ether oxygens (including phenoxy) is 1. The average Bonchev–Trinajstić information content (AvgIpc) is 2.24. The summed E-state index contributed by atoms with van der Waals surface area (Å²) >= 11 is 0. The Kier molecular flexibility index (Phi) is 4.93. The second-order valence-corrected chi connectivity index (χ2v) is 7.56. The highest BCUT2D eigenvalue weighted by Crippen LogP contribution is 2.14. The molecule has 0 fully saturated rings. The Hall–Kier alpha value is -0.870. The second kappa shape index (κ2) is 5.85. The van der Waals surface area contributed by atoms with Gasteiger partial charge in [0.2, 0.25) is 0 Å². The summed E-state index contributed by atoms with van der Waals surface area (Å²) in [4.78, 5) is 0.392. The van der Waals surface area contributed by atoms with E-state index < -0.39 is 9.84 Å². The van der Waals surface area contributed by atoms with Crippen LogP contribution in [0.25, 0.3) is 0 Å². The summed E-state index contributed by atoms with van der Waals surface area (Å²) in [6.45, 7) is 8.28. The van der Waals surface area contributed by atoms with E-state index in [4.69, 9.17) is 4.74 Å². The van der Waals surface area contributed by atoms with E-state index in [2.05, 4.69) is 0 Å². The minimum atomic E-state index is -3.17. The van der Waals surface area contributed by atoms with E-state index >= 15 is 0 Å². The molecule has 0 N–H and O–H groups in total. The monoisotopic (exact) mass is 270 g/mol. The first-order valence-corrected chi connectivity index (χ1v) is 7.79. The zero-order valence-electron chi connectivity index (χ0n) is 11.6. The predicted molar refractivity (Wildman–Crippen MR) is 73.6 cm³/mol. The lowest BCUT2D eigenvalue weighted by atomic mass is 10.2. The predicted octanol–water partition coefficient (Wildman–Crippen LogP) is 2.97. The molecule has 0 aromatic heterocycles. The molecule has 0 aliphatic carbocycles. The number of rotatable bonds is 5. The van der Waals surface area contributed by atoms with Gasteiger partial charge in [0.15, 0.2) is 9.84 Å². The van der Waals surface area contributed by atoms with E-state index in [1.807, 2.05) is 39.8 Å². The molecule has 0 unspecified atom stereocenters. The van der Waals surface area contributed by atoms with Crippen molar-refractivity contribution < 1.29 is 13.2 Å². The molecule has 0 heterocycles. The van der Waals surface area contributed by atoms with Crippen molar-refractivity contribution in [2.24, 2.45) is 0 Å². The van der Waals surface area contributed by atoms with Crippen molar-refractivity contribution in [1.82, 2.24) is 0 Å². The van der Waals surface area contributed by atoms with Gasteiger partial charge in [-0.05, 0) is 46.2 Å². The van der Waals surface area contributed by atoms with Crippen LogP contribution in [-0.2, 0) is 14.6 Å². The smallest absolute Gasteiger partial charge is 0.178 e. The van der Waals surface area contributed by atoms with E-state index in [9.17, 15) is 8.42 Å². The third kappa shape index (κ3) is 5.19. The molecule has 0 amide bonds. The van der Waals surface area contributed by atoms with Crippen LogP contribution in [0.3, 0.4) is 0 Å². The van der Waals surface area contributed by atoms with Gasteiger partial charge in [-0.2, -0.15) is 0 Å². The topological polar surface area (TPSA) is 43.4 Å². The van der Waals surface area contributed by atoms with Crippen molar-refractivity contribution in [3.8, 4) is 0 Å². The summed E-state index contributed by atoms with van der Waals surface area (Å²) < 4.78 is 29.5. The maximum Gasteiger partial charge on any atom is 0.178 e. The van der Waals surface area contributed by atoms with Gasteiger partial charge in [-0.3, -0.25) is 0 Å². The molecule has 102 valence electrons. The lowest BCUT2D eigenvalue weighted by Gasteiger charge is -2.19. The van der Waals surface area contributed by atoms with Gasteiger partial charge in [0.25, 0.3) is 0 Å². The van der Waals surface area contributed by atoms with Gasteiger partial charge in [0.1, 0.15) is 0 Å². The molecule has 0 saturated heterocycles. The summed E-state index contributed by atoms with van der Waals surface area (Å²) in [5.41, 5.74) is 0.846. The fourth-order valence-electron chi connectivity index (χ4n) is 1.49. The van der Waals surface area contributed by atoms with Crippen LogP contribution < -0.4 is 0 Å². The highest BCUT2D eigenvalue weighted by Gasteiger charge is 2.15. The third-order valence-electron chi connectivity index (χ3n) is 2.47. The van der Waals surface area contributed by atoms with Crippen LogP contribution in [0.15, 0.2) is 29.2 Å². The van der Waals surface area contributed by atoms with Crippen LogP contribution in [0.2, 0.25) is 0 Å². The van der Waals surface area contributed by atoms with Crippen LogP contribution in [-0.4, -0.2) is 26.4 Å². The number of benzene rings is 1. The van der Waals surface area contributed by atoms with Crippen LogP contribution in [0.1, 0.15) is 32.8 Å². The Morgan fingerprint density at radius 3 is 2.17 bits per heavy atom. The van der Waals surface area contributed by atoms with Crippen LogP contribution in [0, 0.1) is 6.92 Å². The molecule has 0 atom stereocenters. The Balaban J connectivity index is 2.53. The summed E-state index contributed by atoms with van der Waals surface area (Å²) in [7, 11) is -3.17. The van der Waals surface area contributed by atoms with Gasteiger partial charge in [0, 0.05) is 6.61 Å². The molecule has 1 aromatic rings. The molecule has 0 radical (unpaired) electrons. The normalized spacial score (nSPS) is 12.7. The first kappa shape index (κ1) is 15.2. The van der Waals surface area contributed by atoms with Gasteiger partial charge < -0.3 is 4.74 Å². The third-order valence-corrected chi connectivity index (χ3v) is 4.29. The summed E-state index contributed by atoms with van der Waals surface area (Å²) in [5, 5.41) is 0. The molecule has 3 nitrogen and oxygen atoms in total. The largest absolute Gasteiger partial charge is 0.376 e. The van der Waals surface area contributed by atoms with Crippen molar-refractivity contribution in [3.05, 3.63) is 29.8 Å². The van der Waals surface area contributed by atoms with Crippen LogP contribution in [0.5, 0.6) is 0 Å². The summed E-state index contributed by atoms with van der Waals surface area (Å²) in [6.07, 6.45) is 0.521. The molecule has 0 bridgehead atoms. The molecule has 0 aliphatic heterocycles. The van der Waals surface area contributed by atoms with Crippen molar-refractivity contribution in [3.63, 3.8) is 0 Å². The first-order valence-electron chi connectivity index (χ1n) is 6.14. The molecule has 4 heteroatoms. The lowest BCUT2D eigenvalue weighted by molar-refractivity contribution is -0.00211. The van der Waals surface area contributed by atoms with Gasteiger partial charge in [0.05, 0.1) is 16.2 Å². The molecule has 1 aromatic carbocycles. The first-order chi connectivity index (χ1) is 8.21. The number of sulfone groups is 1. The van der Waals surface area contributed by atoms with Crippen molar-refractivity contribution in [2.45, 2.75) is 44.6 Å². The highest BCUT2D eigenvalue weighted by atomic mass is 32.2. The van der Waals surface area contributed by atoms with Crippen molar-refractivity contribution in [2.75, 3.05) is 12.4 Å². The Morgan fingerprint density at radius 1 is 1.11 bits per heavy atom. The molecule has 0 saturated carbocycles. The molecule has 18 heavy (non-hydrogen) atoms. The number of hydrogen-bond acceptors (Lipinski definition) is 3. The molecule has 0 aliphatic rings. The minimum Gasteiger partial charge on any atom is -0.376 e. The fourth-order valence-corrected chi connectivity index (χ4v) is 2.78. The Labute approximate surface area is 110 Å². The van der Waals surface area contributed by atoms with Crippen LogP contribution in [0.4, 0.5) is 0 Å². The zero-order chi connectivity index (χ0) is 13.8. The van der Waals surface area contributed by atoms with Crippen LogP contribution >= 0.6 is 0 Å². The maximum atomic E-state index is 12.0. The van der Waals surface area contributed by atoms with Gasteiger partial charge >= 0.3 is 0 Å². The van der Waals surface area contributed by atoms with E-state index in [1.165, 1.54) is 0 Å². The van der Waals surface area contributed by atoms with E-state index in [0.717, 1.165) is 5.56 Å². The van der Waals surface area contributed by atoms with E-state index in [1.54, 1.807) is 12.1 Å². The van der Waals surface area contributed by atoms with Gasteiger partial charge in [-0.1, -0.05) is 17.7 Å².